The second-order valence-corrected chi connectivity index (χ2v) is 7.39. The molecule has 1 aromatic carbocycles. The van der Waals surface area contributed by atoms with Crippen LogP contribution in [0.1, 0.15) is 18.0 Å². The van der Waals surface area contributed by atoms with E-state index in [-0.39, 0.29) is 24.3 Å². The fourth-order valence-electron chi connectivity index (χ4n) is 3.26. The Morgan fingerprint density at radius 2 is 1.93 bits per heavy atom. The molecule has 2 amide bonds. The van der Waals surface area contributed by atoms with Gasteiger partial charge in [-0.05, 0) is 23.8 Å². The van der Waals surface area contributed by atoms with E-state index in [1.165, 1.54) is 7.05 Å². The van der Waals surface area contributed by atoms with Crippen LogP contribution >= 0.6 is 23.2 Å². The molecule has 1 aliphatic rings. The number of carbonyl (C=O) groups excluding carboxylic acids is 2. The van der Waals surface area contributed by atoms with Gasteiger partial charge in [0.25, 0.3) is 0 Å². The zero-order valence-corrected chi connectivity index (χ0v) is 16.9. The first-order chi connectivity index (χ1) is 13.4. The third-order valence-corrected chi connectivity index (χ3v) is 5.17. The van der Waals surface area contributed by atoms with Gasteiger partial charge in [0.2, 0.25) is 11.8 Å². The van der Waals surface area contributed by atoms with Crippen molar-refractivity contribution in [3.63, 3.8) is 0 Å². The number of aromatic nitrogens is 1. The van der Waals surface area contributed by atoms with E-state index in [1.807, 2.05) is 12.1 Å². The van der Waals surface area contributed by atoms with Gasteiger partial charge in [-0.1, -0.05) is 35.3 Å². The second kappa shape index (κ2) is 8.67. The minimum Gasteiger partial charge on any atom is -0.396 e. The molecule has 0 spiro atoms. The van der Waals surface area contributed by atoms with Crippen LogP contribution in [-0.2, 0) is 9.59 Å². The topological polar surface area (TPSA) is 91.6 Å². The number of carbonyl (C=O) groups is 2. The molecular weight excluding hydrogens is 401 g/mol. The van der Waals surface area contributed by atoms with Crippen LogP contribution in [-0.4, -0.2) is 48.4 Å². The normalized spacial score (nSPS) is 16.8. The Balaban J connectivity index is 1.91. The zero-order valence-electron chi connectivity index (χ0n) is 15.4. The lowest BCUT2D eigenvalue weighted by molar-refractivity contribution is -0.136. The zero-order chi connectivity index (χ0) is 20.3. The Bertz CT molecular complexity index is 875. The summed E-state index contributed by atoms with van der Waals surface area (Å²) >= 11 is 12.0. The van der Waals surface area contributed by atoms with E-state index in [4.69, 9.17) is 28.9 Å². The van der Waals surface area contributed by atoms with E-state index in [0.717, 1.165) is 5.56 Å². The Hall–Kier alpha value is -2.51. The number of amides is 2. The highest BCUT2D eigenvalue weighted by molar-refractivity contribution is 6.31. The molecule has 0 radical (unpaired) electrons. The average Bonchev–Trinajstić information content (AvgIpc) is 2.68. The van der Waals surface area contributed by atoms with Gasteiger partial charge in [0.05, 0.1) is 16.8 Å². The van der Waals surface area contributed by atoms with Crippen LogP contribution in [0.25, 0.3) is 0 Å². The highest BCUT2D eigenvalue weighted by Crippen LogP contribution is 2.34. The lowest BCUT2D eigenvalue weighted by Gasteiger charge is -2.42. The summed E-state index contributed by atoms with van der Waals surface area (Å²) in [4.78, 5) is 32.3. The van der Waals surface area contributed by atoms with Crippen LogP contribution in [0, 0.1) is 0 Å². The average molecular weight is 422 g/mol. The van der Waals surface area contributed by atoms with Crippen molar-refractivity contribution in [1.29, 1.82) is 0 Å². The first kappa shape index (κ1) is 20.2. The summed E-state index contributed by atoms with van der Waals surface area (Å²) in [7, 11) is 1.51. The number of nitrogens with zero attached hydrogens (tertiary/aromatic N) is 3. The van der Waals surface area contributed by atoms with E-state index in [9.17, 15) is 9.59 Å². The van der Waals surface area contributed by atoms with Gasteiger partial charge in [0, 0.05) is 37.9 Å². The highest BCUT2D eigenvalue weighted by atomic mass is 35.5. The first-order valence-corrected chi connectivity index (χ1v) is 9.56. The maximum absolute atomic E-state index is 12.5. The van der Waals surface area contributed by atoms with Crippen LogP contribution in [0.4, 0.5) is 11.5 Å². The van der Waals surface area contributed by atoms with Gasteiger partial charge >= 0.3 is 0 Å². The maximum Gasteiger partial charge on any atom is 0.232 e. The van der Waals surface area contributed by atoms with Gasteiger partial charge in [0.1, 0.15) is 6.42 Å². The monoisotopic (exact) mass is 421 g/mol. The molecule has 1 atom stereocenters. The Morgan fingerprint density at radius 1 is 1.21 bits per heavy atom. The van der Waals surface area contributed by atoms with Crippen LogP contribution in [0.2, 0.25) is 10.0 Å². The van der Waals surface area contributed by atoms with Crippen molar-refractivity contribution >= 4 is 46.5 Å². The van der Waals surface area contributed by atoms with Crippen molar-refractivity contribution in [1.82, 2.24) is 15.2 Å². The quantitative estimate of drug-likeness (QED) is 0.739. The molecule has 1 aliphatic heterocycles. The molecule has 28 heavy (non-hydrogen) atoms. The molecule has 9 heteroatoms. The highest BCUT2D eigenvalue weighted by Gasteiger charge is 2.32. The van der Waals surface area contributed by atoms with Crippen molar-refractivity contribution in [2.75, 3.05) is 37.3 Å². The molecule has 1 aromatic heterocycles. The van der Waals surface area contributed by atoms with Crippen molar-refractivity contribution in [2.45, 2.75) is 12.5 Å². The molecule has 0 unspecified atom stereocenters. The molecule has 3 rings (SSSR count). The van der Waals surface area contributed by atoms with Crippen molar-refractivity contribution in [3.8, 4) is 0 Å². The third kappa shape index (κ3) is 4.48. The summed E-state index contributed by atoms with van der Waals surface area (Å²) in [6.07, 6.45) is 1.38. The number of nitrogens with one attached hydrogen (secondary N) is 1. The van der Waals surface area contributed by atoms with Gasteiger partial charge in [-0.25, -0.2) is 4.98 Å². The standard InChI is InChI=1S/C19H21Cl2N5O2/c1-23-17(27)9-18(28)25-6-7-26(19-15(22)8-14(21)10-24-19)16(11-25)12-2-4-13(20)5-3-12/h2-5,8,10,16H,6-7,9,11,22H2,1H3,(H,23,27)/t16-/m1/s1. The summed E-state index contributed by atoms with van der Waals surface area (Å²) < 4.78 is 0. The number of pyridine rings is 1. The summed E-state index contributed by atoms with van der Waals surface area (Å²) in [5, 5.41) is 3.57. The number of hydrogen-bond donors (Lipinski definition) is 2. The number of rotatable bonds is 4. The molecular formula is C19H21Cl2N5O2. The number of benzene rings is 1. The van der Waals surface area contributed by atoms with E-state index < -0.39 is 0 Å². The predicted molar refractivity (Wildman–Crippen MR) is 110 cm³/mol. The molecule has 7 nitrogen and oxygen atoms in total. The minimum atomic E-state index is -0.306. The van der Waals surface area contributed by atoms with Crippen LogP contribution in [0.3, 0.4) is 0 Å². The molecule has 2 heterocycles. The lowest BCUT2D eigenvalue weighted by Crippen LogP contribution is -2.51. The number of anilines is 2. The van der Waals surface area contributed by atoms with Crippen LogP contribution < -0.4 is 16.0 Å². The number of hydrogen-bond acceptors (Lipinski definition) is 5. The Morgan fingerprint density at radius 3 is 2.57 bits per heavy atom. The number of halogens is 2. The minimum absolute atomic E-state index is 0.175. The summed E-state index contributed by atoms with van der Waals surface area (Å²) in [5.41, 5.74) is 7.59. The number of piperazine rings is 1. The van der Waals surface area contributed by atoms with Crippen LogP contribution in [0.5, 0.6) is 0 Å². The summed E-state index contributed by atoms with van der Waals surface area (Å²) in [5.74, 6) is 0.0943. The summed E-state index contributed by atoms with van der Waals surface area (Å²) in [6, 6.07) is 8.91. The Kier molecular flexibility index (Phi) is 6.26. The van der Waals surface area contributed by atoms with Gasteiger partial charge in [-0.3, -0.25) is 9.59 Å². The van der Waals surface area contributed by atoms with Crippen molar-refractivity contribution < 1.29 is 9.59 Å². The first-order valence-electron chi connectivity index (χ1n) is 8.80. The second-order valence-electron chi connectivity index (χ2n) is 6.52. The molecule has 0 aliphatic carbocycles. The van der Waals surface area contributed by atoms with Gasteiger partial charge in [-0.15, -0.1) is 0 Å². The molecule has 0 saturated carbocycles. The smallest absolute Gasteiger partial charge is 0.232 e. The lowest BCUT2D eigenvalue weighted by atomic mass is 10.0. The van der Waals surface area contributed by atoms with Gasteiger partial charge in [0.15, 0.2) is 5.82 Å². The van der Waals surface area contributed by atoms with Crippen molar-refractivity contribution in [2.24, 2.45) is 0 Å². The Labute approximate surface area is 173 Å². The summed E-state index contributed by atoms with van der Waals surface area (Å²) in [6.45, 7) is 1.39. The largest absolute Gasteiger partial charge is 0.396 e. The van der Waals surface area contributed by atoms with Gasteiger partial charge in [-0.2, -0.15) is 0 Å². The molecule has 3 N–H and O–H groups in total. The molecule has 148 valence electrons. The number of nitrogen functional groups attached to an aromatic ring is 1. The van der Waals surface area contributed by atoms with E-state index in [1.54, 1.807) is 29.3 Å². The molecule has 0 bridgehead atoms. The molecule has 2 aromatic rings. The fraction of sp³-hybridized carbons (Fsp3) is 0.316. The van der Waals surface area contributed by atoms with E-state index in [0.29, 0.717) is 41.2 Å². The molecule has 1 fully saturated rings. The van der Waals surface area contributed by atoms with E-state index in [2.05, 4.69) is 15.2 Å². The maximum atomic E-state index is 12.5. The van der Waals surface area contributed by atoms with Gasteiger partial charge < -0.3 is 20.9 Å². The number of nitrogens with two attached hydrogens (primary N) is 1. The SMILES string of the molecule is CNC(=O)CC(=O)N1CCN(c2ncc(Cl)cc2N)[C@@H](c2ccc(Cl)cc2)C1. The third-order valence-electron chi connectivity index (χ3n) is 4.71. The fourth-order valence-corrected chi connectivity index (χ4v) is 3.55. The predicted octanol–water partition coefficient (Wildman–Crippen LogP) is 2.50. The molecule has 1 saturated heterocycles. The van der Waals surface area contributed by atoms with Crippen LogP contribution in [0.15, 0.2) is 36.5 Å². The van der Waals surface area contributed by atoms with E-state index >= 15 is 0 Å². The van der Waals surface area contributed by atoms with Crippen molar-refractivity contribution in [3.05, 3.63) is 52.1 Å².